The van der Waals surface area contributed by atoms with Gasteiger partial charge in [0.1, 0.15) is 5.88 Å². The minimum atomic E-state index is -0.544. The second kappa shape index (κ2) is 4.67. The number of rotatable bonds is 3. The average molecular weight is 204 g/mol. The van der Waals surface area contributed by atoms with Gasteiger partial charge in [0.2, 0.25) is 0 Å². The summed E-state index contributed by atoms with van der Waals surface area (Å²) in [6.45, 7) is 0. The molecule has 0 bridgehead atoms. The molecule has 70 valence electrons. The normalized spacial score (nSPS) is 9.38. The lowest BCUT2D eigenvalue weighted by molar-refractivity contribution is -0.125. The van der Waals surface area contributed by atoms with Gasteiger partial charge >= 0.3 is 0 Å². The first-order chi connectivity index (χ1) is 6.24. The third kappa shape index (κ3) is 2.91. The van der Waals surface area contributed by atoms with Crippen LogP contribution in [0.1, 0.15) is 0 Å². The summed E-state index contributed by atoms with van der Waals surface area (Å²) in [6, 6.07) is 5.73. The Bertz CT molecular complexity index is 306. The Morgan fingerprint density at radius 1 is 1.54 bits per heavy atom. The predicted molar refractivity (Wildman–Crippen MR) is 45.9 cm³/mol. The highest BCUT2D eigenvalue weighted by Gasteiger charge is 2.03. The highest BCUT2D eigenvalue weighted by atomic mass is 35.5. The molecule has 0 spiro atoms. The molecule has 1 N–H and O–H groups in total. The summed E-state index contributed by atoms with van der Waals surface area (Å²) in [6.07, 6.45) is 0. The fraction of sp³-hybridized carbons (Fsp3) is 0.125. The molecule has 13 heavy (non-hydrogen) atoms. The zero-order valence-electron chi connectivity index (χ0n) is 6.59. The Balaban J connectivity index is 2.54. The molecule has 0 fully saturated rings. The van der Waals surface area contributed by atoms with Gasteiger partial charge in [-0.25, -0.2) is 4.39 Å². The van der Waals surface area contributed by atoms with Gasteiger partial charge in [0, 0.05) is 0 Å². The Hall–Kier alpha value is -1.29. The summed E-state index contributed by atoms with van der Waals surface area (Å²) in [5, 5.41) is 0. The van der Waals surface area contributed by atoms with Crippen molar-refractivity contribution in [3.8, 4) is 5.75 Å². The van der Waals surface area contributed by atoms with Crippen molar-refractivity contribution in [3.63, 3.8) is 0 Å². The molecule has 5 heteroatoms. The lowest BCUT2D eigenvalue weighted by Crippen LogP contribution is -2.28. The Morgan fingerprint density at radius 3 is 2.85 bits per heavy atom. The van der Waals surface area contributed by atoms with Gasteiger partial charge < -0.3 is 4.84 Å². The second-order valence-corrected chi connectivity index (χ2v) is 2.46. The third-order valence-electron chi connectivity index (χ3n) is 1.23. The topological polar surface area (TPSA) is 38.3 Å². The molecule has 1 aromatic rings. The van der Waals surface area contributed by atoms with Crippen molar-refractivity contribution in [3.05, 3.63) is 30.1 Å². The van der Waals surface area contributed by atoms with Gasteiger partial charge in [0.15, 0.2) is 11.6 Å². The second-order valence-electron chi connectivity index (χ2n) is 2.19. The molecule has 0 radical (unpaired) electrons. The number of benzene rings is 1. The van der Waals surface area contributed by atoms with Gasteiger partial charge in [-0.05, 0) is 12.1 Å². The fourth-order valence-corrected chi connectivity index (χ4v) is 0.721. The van der Waals surface area contributed by atoms with Crippen LogP contribution in [0.5, 0.6) is 5.75 Å². The standard InChI is InChI=1S/C8H7ClFNO2/c9-5-8(12)11-13-7-4-2-1-3-6(7)10/h1-4H,5H2,(H,11,12). The lowest BCUT2D eigenvalue weighted by atomic mass is 10.3. The number of amides is 1. The molecule has 0 unspecified atom stereocenters. The lowest BCUT2D eigenvalue weighted by Gasteiger charge is -2.05. The number of nitrogens with one attached hydrogen (secondary N) is 1. The van der Waals surface area contributed by atoms with Crippen molar-refractivity contribution in [2.75, 3.05) is 5.88 Å². The quantitative estimate of drug-likeness (QED) is 0.597. The molecule has 0 heterocycles. The molecule has 1 amide bonds. The van der Waals surface area contributed by atoms with E-state index < -0.39 is 11.7 Å². The van der Waals surface area contributed by atoms with Gasteiger partial charge in [-0.1, -0.05) is 12.1 Å². The number of alkyl halides is 1. The highest BCUT2D eigenvalue weighted by molar-refractivity contribution is 6.27. The summed E-state index contributed by atoms with van der Waals surface area (Å²) < 4.78 is 12.8. The van der Waals surface area contributed by atoms with Gasteiger partial charge in [-0.3, -0.25) is 4.79 Å². The zero-order valence-corrected chi connectivity index (χ0v) is 7.34. The van der Waals surface area contributed by atoms with Crippen LogP contribution in [0.25, 0.3) is 0 Å². The predicted octanol–water partition coefficient (Wildman–Crippen LogP) is 1.47. The first-order valence-corrected chi connectivity index (χ1v) is 4.03. The smallest absolute Gasteiger partial charge is 0.267 e. The molecule has 0 aliphatic heterocycles. The number of hydrogen-bond donors (Lipinski definition) is 1. The number of hydroxylamine groups is 1. The first kappa shape index (κ1) is 9.80. The summed E-state index contributed by atoms with van der Waals surface area (Å²) in [5.41, 5.74) is 1.98. The van der Waals surface area contributed by atoms with Gasteiger partial charge in [0.05, 0.1) is 0 Å². The maximum atomic E-state index is 12.8. The van der Waals surface area contributed by atoms with E-state index in [4.69, 9.17) is 11.6 Å². The van der Waals surface area contributed by atoms with E-state index in [0.717, 1.165) is 0 Å². The zero-order chi connectivity index (χ0) is 9.68. The minimum absolute atomic E-state index is 0.0408. The van der Waals surface area contributed by atoms with Crippen molar-refractivity contribution in [1.29, 1.82) is 0 Å². The SMILES string of the molecule is O=C(CCl)NOc1ccccc1F. The fourth-order valence-electron chi connectivity index (χ4n) is 0.667. The maximum Gasteiger partial charge on any atom is 0.267 e. The Kier molecular flexibility index (Phi) is 3.52. The molecule has 0 saturated heterocycles. The molecule has 0 aliphatic rings. The van der Waals surface area contributed by atoms with Crippen molar-refractivity contribution < 1.29 is 14.0 Å². The molecule has 1 rings (SSSR count). The minimum Gasteiger partial charge on any atom is -0.376 e. The number of hydrogen-bond acceptors (Lipinski definition) is 2. The Labute approximate surface area is 79.4 Å². The van der Waals surface area contributed by atoms with Crippen molar-refractivity contribution in [2.45, 2.75) is 0 Å². The van der Waals surface area contributed by atoms with E-state index in [0.29, 0.717) is 0 Å². The molecule has 0 atom stereocenters. The van der Waals surface area contributed by atoms with Crippen LogP contribution in [0.2, 0.25) is 0 Å². The van der Waals surface area contributed by atoms with Crippen LogP contribution >= 0.6 is 11.6 Å². The monoisotopic (exact) mass is 203 g/mol. The summed E-state index contributed by atoms with van der Waals surface area (Å²) >= 11 is 5.17. The van der Waals surface area contributed by atoms with Crippen LogP contribution in [0.3, 0.4) is 0 Å². The van der Waals surface area contributed by atoms with Crippen LogP contribution in [0.4, 0.5) is 4.39 Å². The van der Waals surface area contributed by atoms with Crippen LogP contribution in [0.15, 0.2) is 24.3 Å². The van der Waals surface area contributed by atoms with E-state index >= 15 is 0 Å². The van der Waals surface area contributed by atoms with E-state index in [1.807, 2.05) is 5.48 Å². The van der Waals surface area contributed by atoms with Crippen LogP contribution in [-0.2, 0) is 4.79 Å². The van der Waals surface area contributed by atoms with Crippen LogP contribution in [-0.4, -0.2) is 11.8 Å². The molecular weight excluding hydrogens is 197 g/mol. The van der Waals surface area contributed by atoms with Crippen LogP contribution in [0, 0.1) is 5.82 Å². The molecule has 0 saturated carbocycles. The largest absolute Gasteiger partial charge is 0.376 e. The summed E-state index contributed by atoms with van der Waals surface area (Å²) in [4.78, 5) is 15.2. The maximum absolute atomic E-state index is 12.8. The van der Waals surface area contributed by atoms with Crippen molar-refractivity contribution >= 4 is 17.5 Å². The van der Waals surface area contributed by atoms with Crippen molar-refractivity contribution in [1.82, 2.24) is 5.48 Å². The molecule has 3 nitrogen and oxygen atoms in total. The first-order valence-electron chi connectivity index (χ1n) is 3.50. The Morgan fingerprint density at radius 2 is 2.23 bits per heavy atom. The number of para-hydroxylation sites is 1. The molecular formula is C8H7ClFNO2. The van der Waals surface area contributed by atoms with E-state index in [9.17, 15) is 9.18 Å². The van der Waals surface area contributed by atoms with E-state index in [-0.39, 0.29) is 11.6 Å². The highest BCUT2D eigenvalue weighted by Crippen LogP contribution is 2.13. The van der Waals surface area contributed by atoms with E-state index in [1.54, 1.807) is 6.07 Å². The molecule has 0 aliphatic carbocycles. The van der Waals surface area contributed by atoms with Crippen LogP contribution < -0.4 is 10.3 Å². The van der Waals surface area contributed by atoms with Gasteiger partial charge in [-0.2, -0.15) is 5.48 Å². The molecule has 0 aromatic heterocycles. The number of carbonyl (C=O) groups excluding carboxylic acids is 1. The van der Waals surface area contributed by atoms with Gasteiger partial charge in [-0.15, -0.1) is 11.6 Å². The summed E-state index contributed by atoms with van der Waals surface area (Å²) in [7, 11) is 0. The van der Waals surface area contributed by atoms with E-state index in [2.05, 4.69) is 4.84 Å². The van der Waals surface area contributed by atoms with Crippen molar-refractivity contribution in [2.24, 2.45) is 0 Å². The van der Waals surface area contributed by atoms with E-state index in [1.165, 1.54) is 18.2 Å². The molecule has 1 aromatic carbocycles. The number of halogens is 2. The third-order valence-corrected chi connectivity index (χ3v) is 1.48. The number of carbonyl (C=O) groups is 1. The summed E-state index contributed by atoms with van der Waals surface area (Å²) in [5.74, 6) is -1.34. The average Bonchev–Trinajstić information content (AvgIpc) is 2.16. The van der Waals surface area contributed by atoms with Gasteiger partial charge in [0.25, 0.3) is 5.91 Å².